The molecule has 29 heavy (non-hydrogen) atoms. The zero-order valence-corrected chi connectivity index (χ0v) is 18.3. The molecule has 0 unspecified atom stereocenters. The maximum Gasteiger partial charge on any atom is 0.343 e. The fraction of sp³-hybridized carbons (Fsp3) is 0.600. The molecule has 0 aromatic carbocycles. The Morgan fingerprint density at radius 3 is 1.48 bits per heavy atom. The van der Waals surface area contributed by atoms with Crippen molar-refractivity contribution in [2.24, 2.45) is 9.98 Å². The number of aliphatic hydroxyl groups excluding tert-OH is 2. The normalized spacial score (nSPS) is 21.2. The summed E-state index contributed by atoms with van der Waals surface area (Å²) in [5, 5.41) is 19.5. The molecule has 1 aliphatic rings. The average molecular weight is 453 g/mol. The van der Waals surface area contributed by atoms with Gasteiger partial charge in [0.15, 0.2) is 0 Å². The number of ether oxygens (including phenoxy) is 2. The number of nitrogens with zero attached hydrogens (tertiary/aromatic N) is 2. The van der Waals surface area contributed by atoms with Crippen molar-refractivity contribution in [3.63, 3.8) is 0 Å². The van der Waals surface area contributed by atoms with E-state index in [2.05, 4.69) is 9.98 Å². The number of allylic oxidation sites excluding steroid dienone is 2. The minimum absolute atomic E-state index is 0. The first-order valence-electron chi connectivity index (χ1n) is 9.52. The number of aliphatic imine (C=N–C) groups is 2. The third-order valence-corrected chi connectivity index (χ3v) is 4.25. The van der Waals surface area contributed by atoms with Gasteiger partial charge in [0.05, 0.1) is 25.3 Å². The Morgan fingerprint density at radius 2 is 1.21 bits per heavy atom. The van der Waals surface area contributed by atoms with Crippen LogP contribution in [0.5, 0.6) is 0 Å². The van der Waals surface area contributed by atoms with Crippen LogP contribution in [0, 0.1) is 0 Å². The molecular formula is C20H30CoN2O6. The summed E-state index contributed by atoms with van der Waals surface area (Å²) in [6, 6.07) is -0.424. The van der Waals surface area contributed by atoms with E-state index in [9.17, 15) is 19.8 Å². The summed E-state index contributed by atoms with van der Waals surface area (Å²) in [5.41, 5.74) is 0.0157. The predicted molar refractivity (Wildman–Crippen MR) is 107 cm³/mol. The van der Waals surface area contributed by atoms with Gasteiger partial charge in [-0.15, -0.1) is 0 Å². The number of esters is 2. The van der Waals surface area contributed by atoms with Gasteiger partial charge in [0.25, 0.3) is 0 Å². The van der Waals surface area contributed by atoms with Gasteiger partial charge in [0.1, 0.15) is 22.7 Å². The molecule has 0 saturated heterocycles. The van der Waals surface area contributed by atoms with Gasteiger partial charge in [0.2, 0.25) is 0 Å². The Bertz CT molecular complexity index is 618. The number of rotatable bonds is 8. The summed E-state index contributed by atoms with van der Waals surface area (Å²) in [4.78, 5) is 32.7. The predicted octanol–water partition coefficient (Wildman–Crippen LogP) is 3.23. The molecule has 1 fully saturated rings. The third-order valence-electron chi connectivity index (χ3n) is 4.25. The number of aliphatic hydroxyl groups is 2. The zero-order valence-electron chi connectivity index (χ0n) is 17.3. The molecule has 0 aromatic rings. The van der Waals surface area contributed by atoms with Gasteiger partial charge >= 0.3 is 11.9 Å². The van der Waals surface area contributed by atoms with Crippen molar-refractivity contribution in [2.45, 2.75) is 65.5 Å². The standard InChI is InChI=1S/C20H30N2O6.Co/c1-5-27-19(25)15(13(3)23)11-21-17-9-7-8-10-18(17)22-12-16(14(4)24)20(26)28-6-2;/h11-12,17-18,23-24H,5-10H2,1-4H3;/b15-13+,16-14+,21-11?,22-12?;/t17-,18-;/m1./s1. The molecule has 0 amide bonds. The molecule has 1 saturated carbocycles. The van der Waals surface area contributed by atoms with Gasteiger partial charge in [-0.3, -0.25) is 9.98 Å². The van der Waals surface area contributed by atoms with Crippen LogP contribution in [0.4, 0.5) is 0 Å². The Morgan fingerprint density at radius 1 is 0.862 bits per heavy atom. The summed E-state index contributed by atoms with van der Waals surface area (Å²) in [6.45, 7) is 6.56. The monoisotopic (exact) mass is 453 g/mol. The van der Waals surface area contributed by atoms with E-state index in [1.165, 1.54) is 26.3 Å². The number of carbonyl (C=O) groups is 2. The fourth-order valence-electron chi connectivity index (χ4n) is 2.79. The van der Waals surface area contributed by atoms with E-state index in [-0.39, 0.29) is 64.7 Å². The van der Waals surface area contributed by atoms with Gasteiger partial charge < -0.3 is 19.7 Å². The Balaban J connectivity index is 0.00000784. The van der Waals surface area contributed by atoms with Crippen molar-refractivity contribution >= 4 is 24.4 Å². The quantitative estimate of drug-likeness (QED) is 0.252. The fourth-order valence-corrected chi connectivity index (χ4v) is 2.79. The minimum atomic E-state index is -0.634. The van der Waals surface area contributed by atoms with Crippen LogP contribution >= 0.6 is 0 Å². The van der Waals surface area contributed by atoms with Crippen LogP contribution in [-0.4, -0.2) is 59.9 Å². The molecule has 0 heterocycles. The van der Waals surface area contributed by atoms with E-state index in [4.69, 9.17) is 9.47 Å². The van der Waals surface area contributed by atoms with Crippen molar-refractivity contribution < 1.29 is 46.1 Å². The van der Waals surface area contributed by atoms with Crippen molar-refractivity contribution in [1.82, 2.24) is 0 Å². The second-order valence-corrected chi connectivity index (χ2v) is 6.41. The van der Waals surface area contributed by atoms with Gasteiger partial charge in [-0.2, -0.15) is 0 Å². The molecule has 1 aliphatic carbocycles. The second-order valence-electron chi connectivity index (χ2n) is 6.41. The second kappa shape index (κ2) is 13.9. The smallest absolute Gasteiger partial charge is 0.343 e. The molecule has 1 radical (unpaired) electrons. The van der Waals surface area contributed by atoms with Crippen molar-refractivity contribution in [2.75, 3.05) is 13.2 Å². The first-order valence-corrected chi connectivity index (χ1v) is 9.52. The van der Waals surface area contributed by atoms with Crippen LogP contribution in [0.15, 0.2) is 32.6 Å². The Labute approximate surface area is 182 Å². The van der Waals surface area contributed by atoms with Crippen LogP contribution in [0.25, 0.3) is 0 Å². The summed E-state index contributed by atoms with van der Waals surface area (Å²) < 4.78 is 9.85. The average Bonchev–Trinajstić information content (AvgIpc) is 2.63. The van der Waals surface area contributed by atoms with Gasteiger partial charge in [-0.05, 0) is 40.5 Å². The van der Waals surface area contributed by atoms with E-state index < -0.39 is 11.9 Å². The van der Waals surface area contributed by atoms with Crippen LogP contribution in [0.2, 0.25) is 0 Å². The van der Waals surface area contributed by atoms with Crippen molar-refractivity contribution in [3.8, 4) is 0 Å². The summed E-state index contributed by atoms with van der Waals surface area (Å²) in [5.74, 6) is -1.60. The summed E-state index contributed by atoms with van der Waals surface area (Å²) >= 11 is 0. The van der Waals surface area contributed by atoms with Crippen molar-refractivity contribution in [3.05, 3.63) is 22.7 Å². The first-order chi connectivity index (χ1) is 13.3. The molecule has 8 nitrogen and oxygen atoms in total. The number of carbonyl (C=O) groups excluding carboxylic acids is 2. The number of hydrogen-bond acceptors (Lipinski definition) is 8. The minimum Gasteiger partial charge on any atom is -0.512 e. The van der Waals surface area contributed by atoms with Crippen LogP contribution in [0.1, 0.15) is 53.4 Å². The molecule has 0 aliphatic heterocycles. The molecular weight excluding hydrogens is 423 g/mol. The SMILES string of the molecule is CCOC(=O)/C(C=N[C@@H]1CCCC[C@H]1N=C/C(C(=O)OCC)=C(/C)O)=C(\C)O.[Co]. The van der Waals surface area contributed by atoms with Gasteiger partial charge in [-0.25, -0.2) is 9.59 Å². The Kier molecular flexibility index (Phi) is 12.9. The number of hydrogen-bond donors (Lipinski definition) is 2. The van der Waals surface area contributed by atoms with Crippen LogP contribution < -0.4 is 0 Å². The molecule has 0 aromatic heterocycles. The van der Waals surface area contributed by atoms with Crippen molar-refractivity contribution in [1.29, 1.82) is 0 Å². The van der Waals surface area contributed by atoms with Gasteiger partial charge in [0, 0.05) is 29.2 Å². The van der Waals surface area contributed by atoms with E-state index in [0.717, 1.165) is 25.7 Å². The Hall–Kier alpha value is -2.13. The topological polar surface area (TPSA) is 118 Å². The van der Waals surface area contributed by atoms with E-state index in [0.29, 0.717) is 0 Å². The van der Waals surface area contributed by atoms with E-state index in [1.54, 1.807) is 13.8 Å². The zero-order chi connectivity index (χ0) is 21.1. The molecule has 2 atom stereocenters. The van der Waals surface area contributed by atoms with Gasteiger partial charge in [-0.1, -0.05) is 12.8 Å². The summed E-state index contributed by atoms with van der Waals surface area (Å²) in [7, 11) is 0. The molecule has 1 rings (SSSR count). The molecule has 9 heteroatoms. The maximum absolute atomic E-state index is 11.9. The first kappa shape index (κ1) is 26.9. The van der Waals surface area contributed by atoms with E-state index >= 15 is 0 Å². The molecule has 165 valence electrons. The molecule has 0 bridgehead atoms. The summed E-state index contributed by atoms with van der Waals surface area (Å²) in [6.07, 6.45) is 6.09. The molecule has 2 N–H and O–H groups in total. The molecule has 0 spiro atoms. The van der Waals surface area contributed by atoms with Crippen LogP contribution in [-0.2, 0) is 35.8 Å². The largest absolute Gasteiger partial charge is 0.512 e. The van der Waals surface area contributed by atoms with E-state index in [1.807, 2.05) is 0 Å². The maximum atomic E-state index is 11.9. The third kappa shape index (κ3) is 8.82. The van der Waals surface area contributed by atoms with Crippen LogP contribution in [0.3, 0.4) is 0 Å².